The van der Waals surface area contributed by atoms with E-state index >= 15 is 0 Å². The molecule has 0 aromatic heterocycles. The molecule has 0 spiro atoms. The Bertz CT molecular complexity index is 102. The summed E-state index contributed by atoms with van der Waals surface area (Å²) in [5, 5.41) is 6.86. The maximum Gasteiger partial charge on any atom is 0.00768 e. The van der Waals surface area contributed by atoms with Crippen molar-refractivity contribution < 1.29 is 0 Å². The van der Waals surface area contributed by atoms with Gasteiger partial charge in [-0.2, -0.15) is 0 Å². The third kappa shape index (κ3) is 9.84. The Kier molecular flexibility index (Phi) is 8.46. The van der Waals surface area contributed by atoms with E-state index in [1.54, 1.807) is 0 Å². The molecule has 0 aliphatic carbocycles. The van der Waals surface area contributed by atoms with E-state index in [1.807, 2.05) is 0 Å². The molecule has 0 aromatic rings. The van der Waals surface area contributed by atoms with Gasteiger partial charge in [0.05, 0.1) is 0 Å². The van der Waals surface area contributed by atoms with Gasteiger partial charge in [-0.15, -0.1) is 0 Å². The van der Waals surface area contributed by atoms with Crippen molar-refractivity contribution in [3.63, 3.8) is 0 Å². The van der Waals surface area contributed by atoms with Crippen molar-refractivity contribution >= 4 is 0 Å². The van der Waals surface area contributed by atoms with E-state index in [0.29, 0.717) is 0 Å². The first-order chi connectivity index (χ1) is 6.16. The van der Waals surface area contributed by atoms with Gasteiger partial charge >= 0.3 is 0 Å². The monoisotopic (exact) mass is 186 g/mol. The van der Waals surface area contributed by atoms with Crippen LogP contribution in [-0.4, -0.2) is 26.2 Å². The van der Waals surface area contributed by atoms with Gasteiger partial charge < -0.3 is 10.6 Å². The molecule has 2 nitrogen and oxygen atoms in total. The van der Waals surface area contributed by atoms with E-state index in [-0.39, 0.29) is 0 Å². The van der Waals surface area contributed by atoms with Crippen molar-refractivity contribution in [1.82, 2.24) is 10.6 Å². The highest BCUT2D eigenvalue weighted by Gasteiger charge is 1.96. The van der Waals surface area contributed by atoms with E-state index in [9.17, 15) is 0 Å². The van der Waals surface area contributed by atoms with Gasteiger partial charge in [-0.25, -0.2) is 0 Å². The molecule has 0 fully saturated rings. The Hall–Kier alpha value is -0.0800. The molecule has 0 radical (unpaired) electrons. The van der Waals surface area contributed by atoms with Crippen LogP contribution in [0.3, 0.4) is 0 Å². The third-order valence-electron chi connectivity index (χ3n) is 2.22. The highest BCUT2D eigenvalue weighted by Crippen LogP contribution is 1.96. The fourth-order valence-electron chi connectivity index (χ4n) is 1.06. The second-order valence-electron chi connectivity index (χ2n) is 4.32. The van der Waals surface area contributed by atoms with E-state index in [4.69, 9.17) is 0 Å². The van der Waals surface area contributed by atoms with Crippen LogP contribution >= 0.6 is 0 Å². The van der Waals surface area contributed by atoms with E-state index in [1.165, 1.54) is 6.42 Å². The molecular weight excluding hydrogens is 160 g/mol. The predicted octanol–water partition coefficient (Wildman–Crippen LogP) is 1.87. The average molecular weight is 186 g/mol. The zero-order chi connectivity index (χ0) is 10.1. The zero-order valence-electron chi connectivity index (χ0n) is 9.69. The molecule has 1 atom stereocenters. The van der Waals surface area contributed by atoms with Crippen molar-refractivity contribution in [2.24, 2.45) is 11.8 Å². The Morgan fingerprint density at radius 1 is 0.923 bits per heavy atom. The summed E-state index contributed by atoms with van der Waals surface area (Å²) in [4.78, 5) is 0. The quantitative estimate of drug-likeness (QED) is 0.566. The van der Waals surface area contributed by atoms with Gasteiger partial charge in [-0.05, 0) is 24.9 Å². The minimum atomic E-state index is 0.759. The smallest absolute Gasteiger partial charge is 0.00768 e. The molecule has 80 valence electrons. The highest BCUT2D eigenvalue weighted by atomic mass is 14.9. The fourth-order valence-corrected chi connectivity index (χ4v) is 1.06. The number of hydrogen-bond acceptors (Lipinski definition) is 2. The summed E-state index contributed by atoms with van der Waals surface area (Å²) in [5.41, 5.74) is 0. The van der Waals surface area contributed by atoms with Crippen LogP contribution in [-0.2, 0) is 0 Å². The van der Waals surface area contributed by atoms with Gasteiger partial charge in [0.25, 0.3) is 0 Å². The topological polar surface area (TPSA) is 24.1 Å². The lowest BCUT2D eigenvalue weighted by molar-refractivity contribution is 0.482. The van der Waals surface area contributed by atoms with E-state index < -0.39 is 0 Å². The molecule has 0 bridgehead atoms. The summed E-state index contributed by atoms with van der Waals surface area (Å²) in [6.45, 7) is 13.5. The van der Waals surface area contributed by atoms with Crippen LogP contribution in [0.25, 0.3) is 0 Å². The maximum absolute atomic E-state index is 3.45. The molecule has 0 saturated heterocycles. The molecule has 13 heavy (non-hydrogen) atoms. The van der Waals surface area contributed by atoms with Crippen LogP contribution in [0.4, 0.5) is 0 Å². The molecule has 0 heterocycles. The number of hydrogen-bond donors (Lipinski definition) is 2. The van der Waals surface area contributed by atoms with Crippen molar-refractivity contribution in [1.29, 1.82) is 0 Å². The van der Waals surface area contributed by atoms with Crippen molar-refractivity contribution in [3.8, 4) is 0 Å². The Balaban J connectivity index is 2.99. The van der Waals surface area contributed by atoms with Crippen LogP contribution in [0.1, 0.15) is 34.1 Å². The van der Waals surface area contributed by atoms with E-state index in [0.717, 1.165) is 38.0 Å². The Morgan fingerprint density at radius 3 is 1.92 bits per heavy atom. The van der Waals surface area contributed by atoms with Gasteiger partial charge in [-0.3, -0.25) is 0 Å². The van der Waals surface area contributed by atoms with Crippen molar-refractivity contribution in [2.45, 2.75) is 34.1 Å². The second kappa shape index (κ2) is 8.52. The number of nitrogens with one attached hydrogen (secondary N) is 2. The molecule has 2 heteroatoms. The van der Waals surface area contributed by atoms with Crippen LogP contribution in [0, 0.1) is 11.8 Å². The molecule has 0 amide bonds. The van der Waals surface area contributed by atoms with Gasteiger partial charge in [-0.1, -0.05) is 34.1 Å². The molecule has 1 unspecified atom stereocenters. The summed E-state index contributed by atoms with van der Waals surface area (Å²) in [5.74, 6) is 1.57. The Morgan fingerprint density at radius 2 is 1.46 bits per heavy atom. The van der Waals surface area contributed by atoms with Crippen LogP contribution in [0.2, 0.25) is 0 Å². The molecule has 2 N–H and O–H groups in total. The predicted molar refractivity (Wildman–Crippen MR) is 60.0 cm³/mol. The molecular formula is C11H26N2. The first kappa shape index (κ1) is 12.9. The van der Waals surface area contributed by atoms with Gasteiger partial charge in [0, 0.05) is 13.1 Å². The minimum absolute atomic E-state index is 0.759. The Labute approximate surface area is 83.5 Å². The summed E-state index contributed by atoms with van der Waals surface area (Å²) >= 11 is 0. The summed E-state index contributed by atoms with van der Waals surface area (Å²) in [6, 6.07) is 0. The maximum atomic E-state index is 3.45. The summed E-state index contributed by atoms with van der Waals surface area (Å²) < 4.78 is 0. The fraction of sp³-hybridized carbons (Fsp3) is 1.00. The average Bonchev–Trinajstić information content (AvgIpc) is 2.10. The number of rotatable bonds is 8. The minimum Gasteiger partial charge on any atom is -0.315 e. The summed E-state index contributed by atoms with van der Waals surface area (Å²) in [6.07, 6.45) is 1.27. The van der Waals surface area contributed by atoms with Crippen molar-refractivity contribution in [3.05, 3.63) is 0 Å². The first-order valence-corrected chi connectivity index (χ1v) is 5.58. The SMILES string of the molecule is CCC(C)CNCCNCC(C)C. The van der Waals surface area contributed by atoms with Gasteiger partial charge in [0.2, 0.25) is 0 Å². The van der Waals surface area contributed by atoms with E-state index in [2.05, 4.69) is 38.3 Å². The van der Waals surface area contributed by atoms with Crippen LogP contribution in [0.15, 0.2) is 0 Å². The normalized spacial score (nSPS) is 13.6. The molecule has 0 aliphatic rings. The molecule has 0 rings (SSSR count). The second-order valence-corrected chi connectivity index (χ2v) is 4.32. The lowest BCUT2D eigenvalue weighted by Gasteiger charge is -2.11. The molecule has 0 aliphatic heterocycles. The lowest BCUT2D eigenvalue weighted by Crippen LogP contribution is -2.31. The molecule has 0 saturated carbocycles. The van der Waals surface area contributed by atoms with Crippen LogP contribution in [0.5, 0.6) is 0 Å². The highest BCUT2D eigenvalue weighted by molar-refractivity contribution is 4.57. The zero-order valence-corrected chi connectivity index (χ0v) is 9.69. The lowest BCUT2D eigenvalue weighted by atomic mass is 10.1. The third-order valence-corrected chi connectivity index (χ3v) is 2.22. The summed E-state index contributed by atoms with van der Waals surface area (Å²) in [7, 11) is 0. The largest absolute Gasteiger partial charge is 0.315 e. The van der Waals surface area contributed by atoms with Crippen LogP contribution < -0.4 is 10.6 Å². The molecule has 0 aromatic carbocycles. The van der Waals surface area contributed by atoms with Gasteiger partial charge in [0.15, 0.2) is 0 Å². The van der Waals surface area contributed by atoms with Crippen molar-refractivity contribution in [2.75, 3.05) is 26.2 Å². The standard InChI is InChI=1S/C11H26N2/c1-5-11(4)9-13-7-6-12-8-10(2)3/h10-13H,5-9H2,1-4H3. The first-order valence-electron chi connectivity index (χ1n) is 5.58. The van der Waals surface area contributed by atoms with Gasteiger partial charge in [0.1, 0.15) is 0 Å².